The Bertz CT molecular complexity index is 950. The van der Waals surface area contributed by atoms with Crippen molar-refractivity contribution in [3.63, 3.8) is 0 Å². The van der Waals surface area contributed by atoms with E-state index in [-0.39, 0.29) is 0 Å². The summed E-state index contributed by atoms with van der Waals surface area (Å²) in [6, 6.07) is 39.0. The molecule has 1 aliphatic heterocycles. The van der Waals surface area contributed by atoms with Gasteiger partial charge in [0.2, 0.25) is 0 Å². The minimum atomic E-state index is -3.63. The van der Waals surface area contributed by atoms with Crippen LogP contribution in [0.5, 0.6) is 11.5 Å². The van der Waals surface area contributed by atoms with E-state index in [0.29, 0.717) is 0 Å². The van der Waals surface area contributed by atoms with Gasteiger partial charge in [-0.3, -0.25) is 0 Å². The number of para-hydroxylation sites is 2. The number of hydrogen-bond acceptors (Lipinski definition) is 2. The molecule has 0 saturated carbocycles. The Kier molecular flexibility index (Phi) is 3.56. The van der Waals surface area contributed by atoms with Crippen molar-refractivity contribution in [2.24, 2.45) is 0 Å². The van der Waals surface area contributed by atoms with Crippen LogP contribution in [-0.4, -0.2) is 0 Å². The zero-order chi connectivity index (χ0) is 18.2. The number of benzene rings is 4. The van der Waals surface area contributed by atoms with E-state index in [9.17, 15) is 0 Å². The van der Waals surface area contributed by atoms with Crippen LogP contribution in [0.15, 0.2) is 115 Å². The predicted molar refractivity (Wildman–Crippen MR) is 113 cm³/mol. The molecule has 4 aromatic carbocycles. The van der Waals surface area contributed by atoms with Crippen molar-refractivity contribution in [3.8, 4) is 11.5 Å². The van der Waals surface area contributed by atoms with Gasteiger partial charge in [0.25, 0.3) is 0 Å². The molecule has 0 N–H and O–H groups in total. The fraction of sp³-hybridized carbons (Fsp3) is 0. The zero-order valence-corrected chi connectivity index (χ0v) is 15.6. The molecule has 0 unspecified atom stereocenters. The first-order valence-corrected chi connectivity index (χ1v) is 11.1. The number of fused-ring (bicyclic) bond motifs is 1. The molecule has 0 fully saturated rings. The Morgan fingerprint density at radius 1 is 0.370 bits per heavy atom. The van der Waals surface area contributed by atoms with Crippen LogP contribution < -0.4 is 25.0 Å². The Balaban J connectivity index is 1.94. The van der Waals surface area contributed by atoms with Gasteiger partial charge in [-0.15, -0.1) is 0 Å². The van der Waals surface area contributed by atoms with Crippen molar-refractivity contribution in [3.05, 3.63) is 115 Å². The molecule has 5 rings (SSSR count). The van der Waals surface area contributed by atoms with Crippen LogP contribution in [0.2, 0.25) is 0 Å². The summed E-state index contributed by atoms with van der Waals surface area (Å²) in [4.78, 5) is 0. The average molecular weight is 370 g/mol. The van der Waals surface area contributed by atoms with E-state index < -0.39 is 7.06 Å². The molecule has 0 bridgehead atoms. The SMILES string of the molecule is c1ccc(P2(c3ccccc3)(c3ccccc3)Oc3ccccc3O2)cc1. The molecule has 27 heavy (non-hydrogen) atoms. The normalized spacial score (nSPS) is 17.6. The van der Waals surface area contributed by atoms with E-state index in [1.807, 2.05) is 78.9 Å². The molecule has 0 aromatic heterocycles. The third kappa shape index (κ3) is 2.17. The Hall–Kier alpha value is -3.09. The second-order valence-electron chi connectivity index (χ2n) is 6.59. The van der Waals surface area contributed by atoms with Gasteiger partial charge in [0.1, 0.15) is 0 Å². The van der Waals surface area contributed by atoms with Gasteiger partial charge in [-0.05, 0) is 0 Å². The van der Waals surface area contributed by atoms with Crippen molar-refractivity contribution in [1.29, 1.82) is 0 Å². The number of rotatable bonds is 3. The summed E-state index contributed by atoms with van der Waals surface area (Å²) in [6.45, 7) is 0. The van der Waals surface area contributed by atoms with E-state index >= 15 is 0 Å². The Morgan fingerprint density at radius 2 is 0.667 bits per heavy atom. The number of hydrogen-bond donors (Lipinski definition) is 0. The zero-order valence-electron chi connectivity index (χ0n) is 14.7. The average Bonchev–Trinajstić information content (AvgIpc) is 3.14. The maximum atomic E-state index is 6.95. The molecule has 0 spiro atoms. The first-order chi connectivity index (χ1) is 13.3. The van der Waals surface area contributed by atoms with Gasteiger partial charge in [0.15, 0.2) is 0 Å². The first kappa shape index (κ1) is 16.1. The third-order valence-electron chi connectivity index (χ3n) is 5.07. The molecule has 0 atom stereocenters. The summed E-state index contributed by atoms with van der Waals surface area (Å²) in [5, 5.41) is 3.16. The van der Waals surface area contributed by atoms with Crippen LogP contribution in [0.4, 0.5) is 0 Å². The maximum absolute atomic E-state index is 6.95. The van der Waals surface area contributed by atoms with Gasteiger partial charge < -0.3 is 0 Å². The summed E-state index contributed by atoms with van der Waals surface area (Å²) in [7, 11) is -3.63. The predicted octanol–water partition coefficient (Wildman–Crippen LogP) is 4.82. The van der Waals surface area contributed by atoms with E-state index in [1.54, 1.807) is 0 Å². The van der Waals surface area contributed by atoms with E-state index in [2.05, 4.69) is 36.4 Å². The molecule has 1 heterocycles. The van der Waals surface area contributed by atoms with Crippen LogP contribution in [0.1, 0.15) is 0 Å². The topological polar surface area (TPSA) is 18.5 Å². The fourth-order valence-electron chi connectivity index (χ4n) is 3.85. The van der Waals surface area contributed by atoms with E-state index in [1.165, 1.54) is 0 Å². The molecule has 2 nitrogen and oxygen atoms in total. The fourth-order valence-corrected chi connectivity index (χ4v) is 8.61. The molecule has 0 aliphatic carbocycles. The van der Waals surface area contributed by atoms with Crippen LogP contribution >= 0.6 is 7.06 Å². The molecule has 0 saturated heterocycles. The third-order valence-corrected chi connectivity index (χ3v) is 9.87. The second kappa shape index (κ2) is 5.97. The van der Waals surface area contributed by atoms with Gasteiger partial charge >= 0.3 is 159 Å². The van der Waals surface area contributed by atoms with Crippen molar-refractivity contribution in [2.75, 3.05) is 0 Å². The molecule has 0 radical (unpaired) electrons. The monoisotopic (exact) mass is 370 g/mol. The molecular weight excluding hydrogens is 351 g/mol. The van der Waals surface area contributed by atoms with E-state index in [4.69, 9.17) is 9.05 Å². The summed E-state index contributed by atoms with van der Waals surface area (Å²) in [6.07, 6.45) is 0. The van der Waals surface area contributed by atoms with Gasteiger partial charge in [0, 0.05) is 0 Å². The van der Waals surface area contributed by atoms with Crippen LogP contribution in [0.25, 0.3) is 0 Å². The Morgan fingerprint density at radius 3 is 1.00 bits per heavy atom. The molecule has 0 amide bonds. The van der Waals surface area contributed by atoms with Crippen molar-refractivity contribution in [2.45, 2.75) is 0 Å². The van der Waals surface area contributed by atoms with Crippen LogP contribution in [0, 0.1) is 0 Å². The first-order valence-electron chi connectivity index (χ1n) is 9.00. The quantitative estimate of drug-likeness (QED) is 0.482. The molecular formula is C24H19O2P. The molecule has 132 valence electrons. The van der Waals surface area contributed by atoms with Crippen LogP contribution in [-0.2, 0) is 0 Å². The van der Waals surface area contributed by atoms with Gasteiger partial charge in [-0.2, -0.15) is 0 Å². The summed E-state index contributed by atoms with van der Waals surface area (Å²) in [5.74, 6) is 1.57. The molecule has 4 aromatic rings. The molecule has 1 aliphatic rings. The summed E-state index contributed by atoms with van der Waals surface area (Å²) >= 11 is 0. The standard InChI is InChI=1S/C24H19O2P/c1-4-12-20(13-5-1)27(21-14-6-2-7-15-21,22-16-8-3-9-17-22)25-23-18-10-11-19-24(23)26-27/h1-19H. The minimum absolute atomic E-state index is 0.784. The van der Waals surface area contributed by atoms with Gasteiger partial charge in [-0.1, -0.05) is 0 Å². The van der Waals surface area contributed by atoms with Crippen molar-refractivity contribution < 1.29 is 9.05 Å². The van der Waals surface area contributed by atoms with E-state index in [0.717, 1.165) is 27.4 Å². The van der Waals surface area contributed by atoms with Gasteiger partial charge in [-0.25, -0.2) is 0 Å². The molecule has 3 heteroatoms. The van der Waals surface area contributed by atoms with Crippen LogP contribution in [0.3, 0.4) is 0 Å². The van der Waals surface area contributed by atoms with Crippen molar-refractivity contribution in [1.82, 2.24) is 0 Å². The Labute approximate surface area is 159 Å². The van der Waals surface area contributed by atoms with Crippen molar-refractivity contribution >= 4 is 23.0 Å². The summed E-state index contributed by atoms with van der Waals surface area (Å²) < 4.78 is 13.9. The summed E-state index contributed by atoms with van der Waals surface area (Å²) in [5.41, 5.74) is 0. The second-order valence-corrected chi connectivity index (χ2v) is 10.4. The van der Waals surface area contributed by atoms with Gasteiger partial charge in [0.05, 0.1) is 0 Å².